The second-order valence-corrected chi connectivity index (χ2v) is 6.86. The van der Waals surface area contributed by atoms with Gasteiger partial charge in [-0.1, -0.05) is 18.2 Å². The maximum atomic E-state index is 5.59. The number of hydrogen-bond donors (Lipinski definition) is 1. The van der Waals surface area contributed by atoms with Crippen LogP contribution in [0.4, 0.5) is 0 Å². The molecule has 0 saturated heterocycles. The predicted octanol–water partition coefficient (Wildman–Crippen LogP) is 4.08. The second kappa shape index (κ2) is 8.89. The number of thiocarbonyl (C=S) groups is 1. The monoisotopic (exact) mass is 348 g/mol. The summed E-state index contributed by atoms with van der Waals surface area (Å²) in [5.41, 5.74) is 1.23. The first kappa shape index (κ1) is 17.8. The van der Waals surface area contributed by atoms with Crippen LogP contribution in [0.1, 0.15) is 24.3 Å². The molecule has 0 aliphatic rings. The summed E-state index contributed by atoms with van der Waals surface area (Å²) in [6.45, 7) is 5.93. The first-order chi connectivity index (χ1) is 11.1. The smallest absolute Gasteiger partial charge is 0.169 e. The molecule has 124 valence electrons. The van der Waals surface area contributed by atoms with Gasteiger partial charge < -0.3 is 15.0 Å². The summed E-state index contributed by atoms with van der Waals surface area (Å²) in [5, 5.41) is 6.22. The fourth-order valence-corrected chi connectivity index (χ4v) is 3.65. The summed E-state index contributed by atoms with van der Waals surface area (Å²) in [7, 11) is 1.69. The first-order valence-electron chi connectivity index (χ1n) is 7.83. The first-order valence-corrected chi connectivity index (χ1v) is 9.12. The Labute approximate surface area is 148 Å². The molecule has 0 amide bonds. The Hall–Kier alpha value is -1.59. The molecule has 1 atom stereocenters. The van der Waals surface area contributed by atoms with Crippen LogP contribution in [0.25, 0.3) is 0 Å². The summed E-state index contributed by atoms with van der Waals surface area (Å²) in [6.07, 6.45) is 0.999. The average molecular weight is 349 g/mol. The molecule has 3 nitrogen and oxygen atoms in total. The lowest BCUT2D eigenvalue weighted by Gasteiger charge is -2.32. The molecule has 0 radical (unpaired) electrons. The topological polar surface area (TPSA) is 24.5 Å². The molecule has 0 saturated carbocycles. The highest BCUT2D eigenvalue weighted by molar-refractivity contribution is 7.80. The van der Waals surface area contributed by atoms with E-state index in [1.165, 1.54) is 10.4 Å². The highest BCUT2D eigenvalue weighted by Crippen LogP contribution is 2.18. The summed E-state index contributed by atoms with van der Waals surface area (Å²) in [4.78, 5) is 3.65. The van der Waals surface area contributed by atoms with Gasteiger partial charge in [0.2, 0.25) is 0 Å². The number of benzene rings is 1. The van der Waals surface area contributed by atoms with Gasteiger partial charge in [-0.05, 0) is 55.2 Å². The summed E-state index contributed by atoms with van der Waals surface area (Å²) >= 11 is 7.39. The fraction of sp³-hybridized carbons (Fsp3) is 0.389. The zero-order chi connectivity index (χ0) is 16.7. The van der Waals surface area contributed by atoms with Crippen molar-refractivity contribution >= 4 is 28.7 Å². The number of ether oxygens (including phenoxy) is 1. The number of rotatable bonds is 7. The van der Waals surface area contributed by atoms with Gasteiger partial charge in [-0.3, -0.25) is 0 Å². The largest absolute Gasteiger partial charge is 0.497 e. The van der Waals surface area contributed by atoms with E-state index in [1.54, 1.807) is 18.4 Å². The van der Waals surface area contributed by atoms with Gasteiger partial charge in [-0.25, -0.2) is 0 Å². The lowest BCUT2D eigenvalue weighted by Crippen LogP contribution is -2.45. The standard InChI is InChI=1S/C18H24N2OS2/c1-4-19-18(22)20(14(2)12-17-6-5-11-23-17)13-15-7-9-16(21-3)10-8-15/h5-11,14H,4,12-13H2,1-3H3,(H,19,22)/t14-/m0/s1. The summed E-state index contributed by atoms with van der Waals surface area (Å²) in [5.74, 6) is 0.876. The molecule has 1 heterocycles. The molecule has 0 fully saturated rings. The Bertz CT molecular complexity index is 596. The molecule has 1 aromatic heterocycles. The molecule has 0 bridgehead atoms. The minimum Gasteiger partial charge on any atom is -0.497 e. The normalized spacial score (nSPS) is 11.8. The van der Waals surface area contributed by atoms with Crippen LogP contribution in [0.15, 0.2) is 41.8 Å². The van der Waals surface area contributed by atoms with Gasteiger partial charge in [0.25, 0.3) is 0 Å². The van der Waals surface area contributed by atoms with Crippen molar-refractivity contribution < 1.29 is 4.74 Å². The van der Waals surface area contributed by atoms with Gasteiger partial charge >= 0.3 is 0 Å². The maximum Gasteiger partial charge on any atom is 0.169 e. The van der Waals surface area contributed by atoms with Crippen LogP contribution in [0, 0.1) is 0 Å². The van der Waals surface area contributed by atoms with Crippen molar-refractivity contribution in [3.8, 4) is 5.75 Å². The molecule has 5 heteroatoms. The SMILES string of the molecule is CCNC(=S)N(Cc1ccc(OC)cc1)[C@@H](C)Cc1cccs1. The summed E-state index contributed by atoms with van der Waals surface area (Å²) in [6, 6.07) is 12.8. The van der Waals surface area contributed by atoms with Crippen molar-refractivity contribution in [3.05, 3.63) is 52.2 Å². The van der Waals surface area contributed by atoms with Crippen LogP contribution in [0.3, 0.4) is 0 Å². The molecule has 0 aliphatic heterocycles. The number of nitrogens with one attached hydrogen (secondary N) is 1. The molecule has 2 rings (SSSR count). The second-order valence-electron chi connectivity index (χ2n) is 5.44. The van der Waals surface area contributed by atoms with Gasteiger partial charge in [-0.2, -0.15) is 0 Å². The molecular weight excluding hydrogens is 324 g/mol. The maximum absolute atomic E-state index is 5.59. The minimum atomic E-state index is 0.335. The van der Waals surface area contributed by atoms with Gasteiger partial charge in [0.1, 0.15) is 5.75 Å². The Kier molecular flexibility index (Phi) is 6.86. The quantitative estimate of drug-likeness (QED) is 0.762. The fourth-order valence-electron chi connectivity index (χ4n) is 2.44. The van der Waals surface area contributed by atoms with E-state index in [-0.39, 0.29) is 0 Å². The van der Waals surface area contributed by atoms with Crippen LogP contribution in [-0.4, -0.2) is 29.7 Å². The van der Waals surface area contributed by atoms with Crippen molar-refractivity contribution in [2.75, 3.05) is 13.7 Å². The summed E-state index contributed by atoms with van der Waals surface area (Å²) < 4.78 is 5.23. The Morgan fingerprint density at radius 3 is 2.61 bits per heavy atom. The van der Waals surface area contributed by atoms with Crippen molar-refractivity contribution in [2.45, 2.75) is 32.9 Å². The van der Waals surface area contributed by atoms with E-state index >= 15 is 0 Å². The number of nitrogens with zero attached hydrogens (tertiary/aromatic N) is 1. The zero-order valence-corrected chi connectivity index (χ0v) is 15.5. The van der Waals surface area contributed by atoms with Gasteiger partial charge in [0.05, 0.1) is 7.11 Å². The van der Waals surface area contributed by atoms with E-state index in [4.69, 9.17) is 17.0 Å². The minimum absolute atomic E-state index is 0.335. The van der Waals surface area contributed by atoms with E-state index in [9.17, 15) is 0 Å². The molecule has 0 unspecified atom stereocenters. The third kappa shape index (κ3) is 5.22. The number of hydrogen-bond acceptors (Lipinski definition) is 3. The van der Waals surface area contributed by atoms with Crippen molar-refractivity contribution in [3.63, 3.8) is 0 Å². The van der Waals surface area contributed by atoms with Crippen LogP contribution >= 0.6 is 23.6 Å². The molecular formula is C18H24N2OS2. The molecule has 0 spiro atoms. The number of methoxy groups -OCH3 is 1. The average Bonchev–Trinajstić information content (AvgIpc) is 3.06. The van der Waals surface area contributed by atoms with Crippen molar-refractivity contribution in [1.29, 1.82) is 0 Å². The van der Waals surface area contributed by atoms with Crippen LogP contribution in [0.5, 0.6) is 5.75 Å². The molecule has 23 heavy (non-hydrogen) atoms. The lowest BCUT2D eigenvalue weighted by atomic mass is 10.1. The third-order valence-electron chi connectivity index (χ3n) is 3.71. The molecule has 2 aromatic rings. The van der Waals surface area contributed by atoms with E-state index < -0.39 is 0 Å². The molecule has 0 aliphatic carbocycles. The van der Waals surface area contributed by atoms with E-state index in [1.807, 2.05) is 12.1 Å². The highest BCUT2D eigenvalue weighted by Gasteiger charge is 2.18. The van der Waals surface area contributed by atoms with Crippen molar-refractivity contribution in [2.24, 2.45) is 0 Å². The lowest BCUT2D eigenvalue weighted by molar-refractivity contribution is 0.317. The van der Waals surface area contributed by atoms with Crippen LogP contribution < -0.4 is 10.1 Å². The van der Waals surface area contributed by atoms with Gasteiger partial charge in [0.15, 0.2) is 5.11 Å². The Morgan fingerprint density at radius 2 is 2.04 bits per heavy atom. The zero-order valence-electron chi connectivity index (χ0n) is 13.9. The molecule has 1 aromatic carbocycles. The van der Waals surface area contributed by atoms with Crippen LogP contribution in [0.2, 0.25) is 0 Å². The Balaban J connectivity index is 2.10. The highest BCUT2D eigenvalue weighted by atomic mass is 32.1. The van der Waals surface area contributed by atoms with Crippen LogP contribution in [-0.2, 0) is 13.0 Å². The van der Waals surface area contributed by atoms with E-state index in [0.29, 0.717) is 6.04 Å². The predicted molar refractivity (Wildman–Crippen MR) is 102 cm³/mol. The van der Waals surface area contributed by atoms with E-state index in [0.717, 1.165) is 30.4 Å². The number of thiophene rings is 1. The molecule has 1 N–H and O–H groups in total. The van der Waals surface area contributed by atoms with Gasteiger partial charge in [-0.15, -0.1) is 11.3 Å². The van der Waals surface area contributed by atoms with E-state index in [2.05, 4.69) is 53.7 Å². The van der Waals surface area contributed by atoms with Crippen molar-refractivity contribution in [1.82, 2.24) is 10.2 Å². The van der Waals surface area contributed by atoms with Gasteiger partial charge in [0, 0.05) is 30.4 Å². The third-order valence-corrected chi connectivity index (χ3v) is 4.99. The Morgan fingerprint density at radius 1 is 1.30 bits per heavy atom.